The molecule has 0 saturated heterocycles. The molecule has 1 amide bonds. The fourth-order valence-electron chi connectivity index (χ4n) is 2.75. The molecule has 1 aromatic carbocycles. The number of carbonyl (C=O) groups excluding carboxylic acids is 1. The van der Waals surface area contributed by atoms with Crippen LogP contribution in [-0.2, 0) is 0 Å². The Balaban J connectivity index is 0.00000220. The highest BCUT2D eigenvalue weighted by atomic mass is 127. The average Bonchev–Trinajstić information content (AvgIpc) is 2.40. The molecule has 0 atom stereocenters. The van der Waals surface area contributed by atoms with Crippen molar-refractivity contribution in [2.75, 3.05) is 6.54 Å². The first kappa shape index (κ1) is 21.7. The third kappa shape index (κ3) is 6.86. The van der Waals surface area contributed by atoms with Gasteiger partial charge in [-0.1, -0.05) is 58.6 Å². The minimum Gasteiger partial charge on any atom is -0.352 e. The van der Waals surface area contributed by atoms with Crippen LogP contribution < -0.4 is 5.32 Å². The molecule has 1 N–H and O–H groups in total. The maximum Gasteiger partial charge on any atom is 0.252 e. The Kier molecular flexibility index (Phi) is 11.1. The number of hydrogen-bond acceptors (Lipinski definition) is 1. The first-order valence-corrected chi connectivity index (χ1v) is 8.86. The lowest BCUT2D eigenvalue weighted by Gasteiger charge is -2.20. The van der Waals surface area contributed by atoms with Gasteiger partial charge in [0.2, 0.25) is 0 Å². The third-order valence-electron chi connectivity index (χ3n) is 3.95. The van der Waals surface area contributed by atoms with Crippen LogP contribution >= 0.6 is 34.2 Å². The summed E-state index contributed by atoms with van der Waals surface area (Å²) in [5.41, 5.74) is 0.587. The van der Waals surface area contributed by atoms with Gasteiger partial charge in [0.25, 0.3) is 5.91 Å². The van der Waals surface area contributed by atoms with Crippen LogP contribution in [0.5, 0.6) is 0 Å². The van der Waals surface area contributed by atoms with Crippen LogP contribution in [0, 0.1) is 9.49 Å². The van der Waals surface area contributed by atoms with E-state index in [1.165, 1.54) is 44.9 Å². The molecule has 1 aliphatic rings. The zero-order chi connectivity index (χ0) is 14.4. The molecular weight excluding hydrogens is 409 g/mol. The topological polar surface area (TPSA) is 29.1 Å². The molecule has 0 aromatic heterocycles. The van der Waals surface area contributed by atoms with Gasteiger partial charge in [0.05, 0.1) is 10.6 Å². The Morgan fingerprint density at radius 3 is 2.36 bits per heavy atom. The van der Waals surface area contributed by atoms with Crippen LogP contribution in [-0.4, -0.2) is 12.5 Å². The lowest BCUT2D eigenvalue weighted by molar-refractivity contribution is 0.0944. The second-order valence-corrected chi connectivity index (χ2v) is 7.20. The van der Waals surface area contributed by atoms with Crippen molar-refractivity contribution in [3.05, 3.63) is 32.4 Å². The van der Waals surface area contributed by atoms with Crippen LogP contribution in [0.1, 0.15) is 70.2 Å². The molecule has 0 radical (unpaired) electrons. The summed E-state index contributed by atoms with van der Waals surface area (Å²) >= 11 is 8.29. The number of rotatable bonds is 3. The Morgan fingerprint density at radius 1 is 1.14 bits per heavy atom. The Labute approximate surface area is 154 Å². The molecule has 1 aliphatic carbocycles. The summed E-state index contributed by atoms with van der Waals surface area (Å²) in [4.78, 5) is 12.2. The molecule has 2 nitrogen and oxygen atoms in total. The zero-order valence-electron chi connectivity index (χ0n) is 11.6. The average molecular weight is 438 g/mol. The van der Waals surface area contributed by atoms with Crippen LogP contribution in [0.25, 0.3) is 0 Å². The van der Waals surface area contributed by atoms with Gasteiger partial charge < -0.3 is 5.32 Å². The van der Waals surface area contributed by atoms with Gasteiger partial charge in [-0.3, -0.25) is 4.79 Å². The SMILES string of the molecule is C.C.O=C(NCC1CCCCCCC1)c1cc(I)ccc1Cl. The smallest absolute Gasteiger partial charge is 0.252 e. The lowest BCUT2D eigenvalue weighted by atomic mass is 9.91. The number of hydrogen-bond donors (Lipinski definition) is 1. The molecule has 1 saturated carbocycles. The van der Waals surface area contributed by atoms with Gasteiger partial charge in [0.15, 0.2) is 0 Å². The molecular formula is C18H29ClINO. The first-order chi connectivity index (χ1) is 9.66. The molecule has 0 aliphatic heterocycles. The van der Waals surface area contributed by atoms with Gasteiger partial charge in [-0.2, -0.15) is 0 Å². The van der Waals surface area contributed by atoms with Gasteiger partial charge in [-0.25, -0.2) is 0 Å². The van der Waals surface area contributed by atoms with Crippen molar-refractivity contribution in [1.82, 2.24) is 5.32 Å². The number of benzene rings is 1. The maximum atomic E-state index is 12.2. The molecule has 4 heteroatoms. The Bertz CT molecular complexity index is 456. The van der Waals surface area contributed by atoms with Gasteiger partial charge in [0, 0.05) is 10.1 Å². The first-order valence-electron chi connectivity index (χ1n) is 7.40. The second kappa shape index (κ2) is 11.3. The summed E-state index contributed by atoms with van der Waals surface area (Å²) in [7, 11) is 0. The van der Waals surface area contributed by atoms with Crippen LogP contribution in [0.4, 0.5) is 0 Å². The summed E-state index contributed by atoms with van der Waals surface area (Å²) in [6.45, 7) is 0.778. The molecule has 126 valence electrons. The van der Waals surface area contributed by atoms with E-state index in [1.807, 2.05) is 12.1 Å². The summed E-state index contributed by atoms with van der Waals surface area (Å²) < 4.78 is 1.03. The van der Waals surface area contributed by atoms with Crippen molar-refractivity contribution >= 4 is 40.1 Å². The van der Waals surface area contributed by atoms with E-state index in [4.69, 9.17) is 11.6 Å². The highest BCUT2D eigenvalue weighted by Gasteiger charge is 2.15. The van der Waals surface area contributed by atoms with E-state index in [9.17, 15) is 4.79 Å². The lowest BCUT2D eigenvalue weighted by Crippen LogP contribution is -2.30. The number of nitrogens with one attached hydrogen (secondary N) is 1. The zero-order valence-corrected chi connectivity index (χ0v) is 14.5. The van der Waals surface area contributed by atoms with E-state index in [0.29, 0.717) is 16.5 Å². The normalized spacial score (nSPS) is 15.7. The standard InChI is InChI=1S/C16H21ClINO.2CH4/c17-15-9-8-13(18)10-14(15)16(20)19-11-12-6-4-2-1-3-5-7-12;;/h8-10,12H,1-7,11H2,(H,19,20);2*1H4. The summed E-state index contributed by atoms with van der Waals surface area (Å²) in [6, 6.07) is 5.54. The van der Waals surface area contributed by atoms with E-state index in [1.54, 1.807) is 6.07 Å². The van der Waals surface area contributed by atoms with E-state index in [0.717, 1.165) is 10.1 Å². The fraction of sp³-hybridized carbons (Fsp3) is 0.611. The highest BCUT2D eigenvalue weighted by Crippen LogP contribution is 2.22. The van der Waals surface area contributed by atoms with E-state index in [-0.39, 0.29) is 20.8 Å². The summed E-state index contributed by atoms with van der Waals surface area (Å²) in [5.74, 6) is 0.580. The molecule has 0 bridgehead atoms. The Morgan fingerprint density at radius 2 is 1.73 bits per heavy atom. The van der Waals surface area contributed by atoms with Gasteiger partial charge >= 0.3 is 0 Å². The van der Waals surface area contributed by atoms with Crippen LogP contribution in [0.3, 0.4) is 0 Å². The quantitative estimate of drug-likeness (QED) is 0.552. The predicted molar refractivity (Wildman–Crippen MR) is 106 cm³/mol. The predicted octanol–water partition coefficient (Wildman–Crippen LogP) is 6.31. The molecule has 2 rings (SSSR count). The van der Waals surface area contributed by atoms with Crippen molar-refractivity contribution in [2.45, 2.75) is 59.8 Å². The fourth-order valence-corrected chi connectivity index (χ4v) is 3.44. The third-order valence-corrected chi connectivity index (χ3v) is 4.95. The molecule has 0 spiro atoms. The number of amides is 1. The molecule has 0 heterocycles. The largest absolute Gasteiger partial charge is 0.352 e. The van der Waals surface area contributed by atoms with E-state index in [2.05, 4.69) is 27.9 Å². The van der Waals surface area contributed by atoms with Gasteiger partial charge in [-0.15, -0.1) is 0 Å². The highest BCUT2D eigenvalue weighted by molar-refractivity contribution is 14.1. The minimum atomic E-state index is -0.0458. The number of carbonyl (C=O) groups is 1. The summed E-state index contributed by atoms with van der Waals surface area (Å²) in [5, 5.41) is 3.59. The molecule has 22 heavy (non-hydrogen) atoms. The summed E-state index contributed by atoms with van der Waals surface area (Å²) in [6.07, 6.45) is 9.12. The van der Waals surface area contributed by atoms with E-state index < -0.39 is 0 Å². The van der Waals surface area contributed by atoms with Gasteiger partial charge in [0.1, 0.15) is 0 Å². The van der Waals surface area contributed by atoms with E-state index >= 15 is 0 Å². The molecule has 0 unspecified atom stereocenters. The van der Waals surface area contributed by atoms with Crippen molar-refractivity contribution in [3.8, 4) is 0 Å². The monoisotopic (exact) mass is 437 g/mol. The molecule has 1 fully saturated rings. The van der Waals surface area contributed by atoms with Crippen molar-refractivity contribution in [3.63, 3.8) is 0 Å². The van der Waals surface area contributed by atoms with Crippen molar-refractivity contribution < 1.29 is 4.79 Å². The van der Waals surface area contributed by atoms with Crippen LogP contribution in [0.2, 0.25) is 5.02 Å². The van der Waals surface area contributed by atoms with Gasteiger partial charge in [-0.05, 0) is 59.5 Å². The minimum absolute atomic E-state index is 0. The van der Waals surface area contributed by atoms with Crippen molar-refractivity contribution in [1.29, 1.82) is 0 Å². The maximum absolute atomic E-state index is 12.2. The second-order valence-electron chi connectivity index (χ2n) is 5.55. The number of halogens is 2. The molecule has 1 aromatic rings. The van der Waals surface area contributed by atoms with Crippen LogP contribution in [0.15, 0.2) is 18.2 Å². The van der Waals surface area contributed by atoms with Crippen molar-refractivity contribution in [2.24, 2.45) is 5.92 Å². The Hall–Kier alpha value is -0.290.